The first kappa shape index (κ1) is 16.5. The Balaban J connectivity index is 2.37. The van der Waals surface area contributed by atoms with Crippen molar-refractivity contribution in [3.8, 4) is 0 Å². The van der Waals surface area contributed by atoms with E-state index in [2.05, 4.69) is 33.0 Å². The number of aliphatic hydroxyl groups excluding tert-OH is 1. The Bertz CT molecular complexity index is 283. The van der Waals surface area contributed by atoms with Crippen LogP contribution in [0.5, 0.6) is 0 Å². The monoisotopic (exact) mass is 269 g/mol. The van der Waals surface area contributed by atoms with Gasteiger partial charge in [-0.2, -0.15) is 0 Å². The van der Waals surface area contributed by atoms with Gasteiger partial charge in [0.15, 0.2) is 0 Å². The highest BCUT2D eigenvalue weighted by atomic mass is 16.3. The van der Waals surface area contributed by atoms with Crippen LogP contribution >= 0.6 is 0 Å². The van der Waals surface area contributed by atoms with Gasteiger partial charge in [0.2, 0.25) is 5.91 Å². The number of carbonyl (C=O) groups excluding carboxylic acids is 1. The molecule has 1 aliphatic carbocycles. The molecule has 3 unspecified atom stereocenters. The van der Waals surface area contributed by atoms with Crippen molar-refractivity contribution in [3.63, 3.8) is 0 Å². The van der Waals surface area contributed by atoms with Gasteiger partial charge < -0.3 is 10.4 Å². The first-order valence-electron chi connectivity index (χ1n) is 7.72. The molecular weight excluding hydrogens is 238 g/mol. The van der Waals surface area contributed by atoms with Crippen LogP contribution in [0.15, 0.2) is 0 Å². The van der Waals surface area contributed by atoms with E-state index < -0.39 is 0 Å². The lowest BCUT2D eigenvalue weighted by atomic mass is 9.83. The lowest BCUT2D eigenvalue weighted by Crippen LogP contribution is -2.43. The van der Waals surface area contributed by atoms with Crippen molar-refractivity contribution in [2.75, 3.05) is 6.61 Å². The first-order chi connectivity index (χ1) is 8.81. The third kappa shape index (κ3) is 6.42. The van der Waals surface area contributed by atoms with E-state index in [1.54, 1.807) is 0 Å². The third-order valence-electron chi connectivity index (χ3n) is 3.98. The average Bonchev–Trinajstić information content (AvgIpc) is 2.26. The number of rotatable bonds is 5. The van der Waals surface area contributed by atoms with E-state index in [-0.39, 0.29) is 29.9 Å². The fourth-order valence-electron chi connectivity index (χ4n) is 3.32. The fraction of sp³-hybridized carbons (Fsp3) is 0.938. The van der Waals surface area contributed by atoms with Crippen LogP contribution in [-0.2, 0) is 4.79 Å². The Kier molecular flexibility index (Phi) is 6.31. The molecule has 0 saturated heterocycles. The van der Waals surface area contributed by atoms with E-state index in [1.807, 2.05) is 0 Å². The van der Waals surface area contributed by atoms with Gasteiger partial charge in [0.1, 0.15) is 0 Å². The number of nitrogens with one attached hydrogen (secondary N) is 1. The zero-order valence-corrected chi connectivity index (χ0v) is 13.0. The summed E-state index contributed by atoms with van der Waals surface area (Å²) < 4.78 is 0. The van der Waals surface area contributed by atoms with Crippen molar-refractivity contribution in [1.29, 1.82) is 0 Å². The quantitative estimate of drug-likeness (QED) is 0.805. The summed E-state index contributed by atoms with van der Waals surface area (Å²) in [5, 5.41) is 12.5. The topological polar surface area (TPSA) is 49.3 Å². The highest BCUT2D eigenvalue weighted by molar-refractivity contribution is 5.76. The first-order valence-corrected chi connectivity index (χ1v) is 7.72. The van der Waals surface area contributed by atoms with Crippen LogP contribution in [0.25, 0.3) is 0 Å². The number of carbonyl (C=O) groups is 1. The molecule has 0 radical (unpaired) electrons. The molecule has 0 aromatic heterocycles. The van der Waals surface area contributed by atoms with Crippen molar-refractivity contribution in [3.05, 3.63) is 0 Å². The SMILES string of the molecule is CC(CC(=O)NC1CCCCC1CO)CC(C)(C)C. The minimum absolute atomic E-state index is 0.155. The summed E-state index contributed by atoms with van der Waals surface area (Å²) in [7, 11) is 0. The molecule has 1 saturated carbocycles. The molecule has 0 bridgehead atoms. The minimum Gasteiger partial charge on any atom is -0.396 e. The Morgan fingerprint density at radius 1 is 1.32 bits per heavy atom. The van der Waals surface area contributed by atoms with E-state index in [9.17, 15) is 9.90 Å². The lowest BCUT2D eigenvalue weighted by Gasteiger charge is -2.31. The molecule has 1 amide bonds. The predicted molar refractivity (Wildman–Crippen MR) is 78.8 cm³/mol. The maximum Gasteiger partial charge on any atom is 0.220 e. The summed E-state index contributed by atoms with van der Waals surface area (Å²) in [5.74, 6) is 0.828. The van der Waals surface area contributed by atoms with E-state index in [4.69, 9.17) is 0 Å². The van der Waals surface area contributed by atoms with Gasteiger partial charge in [-0.3, -0.25) is 4.79 Å². The molecule has 0 heterocycles. The van der Waals surface area contributed by atoms with Crippen LogP contribution in [0.4, 0.5) is 0 Å². The van der Waals surface area contributed by atoms with Gasteiger partial charge in [-0.1, -0.05) is 40.5 Å². The van der Waals surface area contributed by atoms with Gasteiger partial charge in [-0.05, 0) is 30.6 Å². The number of hydrogen-bond acceptors (Lipinski definition) is 2. The largest absolute Gasteiger partial charge is 0.396 e. The molecule has 1 fully saturated rings. The Morgan fingerprint density at radius 3 is 2.53 bits per heavy atom. The van der Waals surface area contributed by atoms with Crippen molar-refractivity contribution in [1.82, 2.24) is 5.32 Å². The van der Waals surface area contributed by atoms with Gasteiger partial charge >= 0.3 is 0 Å². The lowest BCUT2D eigenvalue weighted by molar-refractivity contribution is -0.123. The Morgan fingerprint density at radius 2 is 1.95 bits per heavy atom. The summed E-state index contributed by atoms with van der Waals surface area (Å²) in [6.45, 7) is 8.98. The van der Waals surface area contributed by atoms with Gasteiger partial charge in [-0.15, -0.1) is 0 Å². The summed E-state index contributed by atoms with van der Waals surface area (Å²) in [6, 6.07) is 0.188. The molecule has 19 heavy (non-hydrogen) atoms. The van der Waals surface area contributed by atoms with Crippen LogP contribution in [0, 0.1) is 17.3 Å². The van der Waals surface area contributed by atoms with Gasteiger partial charge in [0.05, 0.1) is 0 Å². The van der Waals surface area contributed by atoms with Crippen molar-refractivity contribution >= 4 is 5.91 Å². The predicted octanol–water partition coefficient (Wildman–Crippen LogP) is 3.12. The molecular formula is C16H31NO2. The molecule has 3 nitrogen and oxygen atoms in total. The molecule has 1 aliphatic rings. The minimum atomic E-state index is 0.155. The molecule has 3 atom stereocenters. The molecule has 112 valence electrons. The zero-order valence-electron chi connectivity index (χ0n) is 13.0. The molecule has 0 aromatic carbocycles. The maximum atomic E-state index is 12.1. The highest BCUT2D eigenvalue weighted by Crippen LogP contribution is 2.27. The molecule has 1 rings (SSSR count). The standard InChI is InChI=1S/C16H31NO2/c1-12(10-16(2,3)4)9-15(19)17-14-8-6-5-7-13(14)11-18/h12-14,18H,5-11H2,1-4H3,(H,17,19). The number of amides is 1. The summed E-state index contributed by atoms with van der Waals surface area (Å²) >= 11 is 0. The third-order valence-corrected chi connectivity index (χ3v) is 3.98. The van der Waals surface area contributed by atoms with E-state index in [0.29, 0.717) is 12.3 Å². The molecule has 0 spiro atoms. The van der Waals surface area contributed by atoms with Crippen LogP contribution in [0.3, 0.4) is 0 Å². The van der Waals surface area contributed by atoms with Gasteiger partial charge in [0.25, 0.3) is 0 Å². The number of hydrogen-bond donors (Lipinski definition) is 2. The van der Waals surface area contributed by atoms with E-state index in [0.717, 1.165) is 19.3 Å². The number of aliphatic hydroxyl groups is 1. The fourth-order valence-corrected chi connectivity index (χ4v) is 3.32. The normalized spacial score (nSPS) is 25.9. The average molecular weight is 269 g/mol. The van der Waals surface area contributed by atoms with Crippen LogP contribution in [-0.4, -0.2) is 23.7 Å². The summed E-state index contributed by atoms with van der Waals surface area (Å²) in [5.41, 5.74) is 0.276. The van der Waals surface area contributed by atoms with Gasteiger partial charge in [-0.25, -0.2) is 0 Å². The second-order valence-electron chi connectivity index (χ2n) is 7.48. The van der Waals surface area contributed by atoms with Crippen LogP contribution in [0.2, 0.25) is 0 Å². The summed E-state index contributed by atoms with van der Waals surface area (Å²) in [6.07, 6.45) is 6.07. The van der Waals surface area contributed by atoms with Crippen molar-refractivity contribution in [2.45, 2.75) is 72.3 Å². The van der Waals surface area contributed by atoms with E-state index >= 15 is 0 Å². The second-order valence-corrected chi connectivity index (χ2v) is 7.48. The van der Waals surface area contributed by atoms with Crippen LogP contribution in [0.1, 0.15) is 66.2 Å². The molecule has 0 aliphatic heterocycles. The Hall–Kier alpha value is -0.570. The smallest absolute Gasteiger partial charge is 0.220 e. The van der Waals surface area contributed by atoms with Crippen molar-refractivity contribution < 1.29 is 9.90 Å². The molecule has 3 heteroatoms. The van der Waals surface area contributed by atoms with Gasteiger partial charge in [0, 0.05) is 25.0 Å². The van der Waals surface area contributed by atoms with Crippen molar-refractivity contribution in [2.24, 2.45) is 17.3 Å². The molecule has 0 aromatic rings. The Labute approximate surface area is 118 Å². The maximum absolute atomic E-state index is 12.1. The second kappa shape index (κ2) is 7.28. The molecule has 2 N–H and O–H groups in total. The van der Waals surface area contributed by atoms with Crippen LogP contribution < -0.4 is 5.32 Å². The zero-order chi connectivity index (χ0) is 14.5. The highest BCUT2D eigenvalue weighted by Gasteiger charge is 2.26. The summed E-state index contributed by atoms with van der Waals surface area (Å²) in [4.78, 5) is 12.1. The van der Waals surface area contributed by atoms with E-state index in [1.165, 1.54) is 12.8 Å².